The number of carbonyl (C=O) groups excluding carboxylic acids is 3. The molecule has 0 radical (unpaired) electrons. The van der Waals surface area contributed by atoms with Crippen molar-refractivity contribution >= 4 is 17.6 Å². The number of hydrogen-bond donors (Lipinski definition) is 3. The Bertz CT molecular complexity index is 1110. The zero-order chi connectivity index (χ0) is 22.2. The second-order valence-corrected chi connectivity index (χ2v) is 8.04. The first-order valence-corrected chi connectivity index (χ1v) is 9.29. The lowest BCUT2D eigenvalue weighted by Crippen LogP contribution is -2.41. The first-order valence-electron chi connectivity index (χ1n) is 9.29. The number of amides is 2. The number of pyridine rings is 1. The molecule has 0 saturated carbocycles. The second kappa shape index (κ2) is 7.81. The van der Waals surface area contributed by atoms with E-state index in [1.165, 1.54) is 13.1 Å². The number of carbonyl (C=O) groups is 3. The first kappa shape index (κ1) is 21.4. The Kier molecular flexibility index (Phi) is 5.56. The topological polar surface area (TPSA) is 108 Å². The summed E-state index contributed by atoms with van der Waals surface area (Å²) in [6, 6.07) is 2.62. The van der Waals surface area contributed by atoms with Crippen molar-refractivity contribution in [2.45, 2.75) is 32.7 Å². The van der Waals surface area contributed by atoms with E-state index in [2.05, 4.69) is 15.6 Å². The van der Waals surface area contributed by atoms with E-state index in [1.807, 2.05) is 13.8 Å². The van der Waals surface area contributed by atoms with Crippen LogP contribution < -0.4 is 16.2 Å². The number of Topliss-reactive ketones (excluding diaryl/α,β-unsaturated/α-hetero) is 1. The number of hydrogen-bond acceptors (Lipinski definition) is 4. The van der Waals surface area contributed by atoms with Crippen LogP contribution in [0.15, 0.2) is 29.1 Å². The van der Waals surface area contributed by atoms with E-state index < -0.39 is 35.0 Å². The van der Waals surface area contributed by atoms with E-state index >= 15 is 0 Å². The predicted octanol–water partition coefficient (Wildman–Crippen LogP) is 2.03. The van der Waals surface area contributed by atoms with Crippen LogP contribution in [0.2, 0.25) is 0 Å². The molecule has 0 aliphatic heterocycles. The fourth-order valence-corrected chi connectivity index (χ4v) is 3.54. The summed E-state index contributed by atoms with van der Waals surface area (Å²) in [5, 5.41) is 4.68. The van der Waals surface area contributed by atoms with Crippen LogP contribution >= 0.6 is 0 Å². The molecule has 3 rings (SSSR count). The molecule has 1 aromatic heterocycles. The molecule has 1 heterocycles. The lowest BCUT2D eigenvalue weighted by molar-refractivity contribution is -0.122. The molecule has 30 heavy (non-hydrogen) atoms. The molecule has 2 amide bonds. The largest absolute Gasteiger partial charge is 0.357 e. The Hall–Kier alpha value is -3.36. The standard InChI is InChI=1S/C21H21F2N3O4/c1-21(2)8-15-11(16(27)9-21)7-12(18(28)25-15)19(29)26-17(20(30)24-3)10-4-5-13(22)14(23)6-10/h4-7,17H,8-9H2,1-3H3,(H,24,30)(H,25,28)(H,26,29). The number of aromatic nitrogens is 1. The number of H-pyrrole nitrogens is 1. The Morgan fingerprint density at radius 2 is 1.80 bits per heavy atom. The maximum Gasteiger partial charge on any atom is 0.261 e. The fraction of sp³-hybridized carbons (Fsp3) is 0.333. The van der Waals surface area contributed by atoms with Gasteiger partial charge in [0.05, 0.1) is 0 Å². The Morgan fingerprint density at radius 1 is 1.10 bits per heavy atom. The van der Waals surface area contributed by atoms with Crippen LogP contribution in [0.1, 0.15) is 58.3 Å². The highest BCUT2D eigenvalue weighted by Gasteiger charge is 2.33. The van der Waals surface area contributed by atoms with Crippen molar-refractivity contribution in [1.29, 1.82) is 0 Å². The van der Waals surface area contributed by atoms with Gasteiger partial charge in [0, 0.05) is 24.7 Å². The van der Waals surface area contributed by atoms with Crippen LogP contribution in [0, 0.1) is 17.0 Å². The first-order chi connectivity index (χ1) is 14.0. The van der Waals surface area contributed by atoms with Crippen LogP contribution in [-0.4, -0.2) is 29.6 Å². The van der Waals surface area contributed by atoms with Gasteiger partial charge in [0.15, 0.2) is 17.4 Å². The van der Waals surface area contributed by atoms with Gasteiger partial charge in [-0.1, -0.05) is 19.9 Å². The van der Waals surface area contributed by atoms with Crippen molar-refractivity contribution in [2.75, 3.05) is 7.05 Å². The summed E-state index contributed by atoms with van der Waals surface area (Å²) in [5.74, 6) is -4.10. The van der Waals surface area contributed by atoms with Gasteiger partial charge in [0.2, 0.25) is 5.91 Å². The molecule has 1 aliphatic rings. The van der Waals surface area contributed by atoms with Crippen molar-refractivity contribution in [3.8, 4) is 0 Å². The molecule has 0 saturated heterocycles. The maximum atomic E-state index is 13.6. The SMILES string of the molecule is CNC(=O)C(NC(=O)c1cc2c([nH]c1=O)CC(C)(C)CC2=O)c1ccc(F)c(F)c1. The summed E-state index contributed by atoms with van der Waals surface area (Å²) in [4.78, 5) is 52.5. The van der Waals surface area contributed by atoms with Crippen molar-refractivity contribution in [3.63, 3.8) is 0 Å². The molecule has 7 nitrogen and oxygen atoms in total. The van der Waals surface area contributed by atoms with E-state index in [4.69, 9.17) is 0 Å². The Balaban J connectivity index is 1.96. The van der Waals surface area contributed by atoms with E-state index in [1.54, 1.807) is 0 Å². The van der Waals surface area contributed by atoms with Gasteiger partial charge in [-0.2, -0.15) is 0 Å². The Morgan fingerprint density at radius 3 is 2.43 bits per heavy atom. The van der Waals surface area contributed by atoms with Gasteiger partial charge in [0.25, 0.3) is 11.5 Å². The molecule has 3 N–H and O–H groups in total. The number of rotatable bonds is 4. The predicted molar refractivity (Wildman–Crippen MR) is 104 cm³/mol. The number of likely N-dealkylation sites (N-methyl/N-ethyl adjacent to an activating group) is 1. The normalized spacial score (nSPS) is 15.8. The molecule has 158 valence electrons. The van der Waals surface area contributed by atoms with Crippen LogP contribution in [0.4, 0.5) is 8.78 Å². The van der Waals surface area contributed by atoms with Gasteiger partial charge in [-0.25, -0.2) is 8.78 Å². The van der Waals surface area contributed by atoms with Crippen molar-refractivity contribution in [2.24, 2.45) is 5.41 Å². The lowest BCUT2D eigenvalue weighted by Gasteiger charge is -2.29. The number of ketones is 1. The fourth-order valence-electron chi connectivity index (χ4n) is 3.54. The molecule has 2 aromatic rings. The molecule has 1 aromatic carbocycles. The quantitative estimate of drug-likeness (QED) is 0.707. The summed E-state index contributed by atoms with van der Waals surface area (Å²) in [7, 11) is 1.31. The highest BCUT2D eigenvalue weighted by molar-refractivity contribution is 6.03. The summed E-state index contributed by atoms with van der Waals surface area (Å²) >= 11 is 0. The van der Waals surface area contributed by atoms with Gasteiger partial charge >= 0.3 is 0 Å². The molecule has 0 bridgehead atoms. The minimum absolute atomic E-state index is 0.00573. The number of halogens is 2. The highest BCUT2D eigenvalue weighted by atomic mass is 19.2. The van der Waals surface area contributed by atoms with Crippen LogP contribution in [0.5, 0.6) is 0 Å². The zero-order valence-corrected chi connectivity index (χ0v) is 16.7. The summed E-state index contributed by atoms with van der Waals surface area (Å²) < 4.78 is 26.9. The van der Waals surface area contributed by atoms with E-state index in [0.29, 0.717) is 12.1 Å². The average Bonchev–Trinajstić information content (AvgIpc) is 2.66. The van der Waals surface area contributed by atoms with E-state index in [-0.39, 0.29) is 34.3 Å². The Labute approximate surface area is 170 Å². The van der Waals surface area contributed by atoms with Gasteiger partial charge < -0.3 is 15.6 Å². The van der Waals surface area contributed by atoms with Gasteiger partial charge in [-0.3, -0.25) is 19.2 Å². The monoisotopic (exact) mass is 417 g/mol. The number of benzene rings is 1. The molecule has 1 unspecified atom stereocenters. The van der Waals surface area contributed by atoms with Gasteiger partial charge in [0.1, 0.15) is 11.6 Å². The molecule has 0 fully saturated rings. The van der Waals surface area contributed by atoms with Crippen molar-refractivity contribution < 1.29 is 23.2 Å². The van der Waals surface area contributed by atoms with E-state index in [9.17, 15) is 28.0 Å². The minimum atomic E-state index is -1.37. The molecular formula is C21H21F2N3O4. The van der Waals surface area contributed by atoms with E-state index in [0.717, 1.165) is 18.2 Å². The van der Waals surface area contributed by atoms with Crippen LogP contribution in [-0.2, 0) is 11.2 Å². The van der Waals surface area contributed by atoms with Gasteiger partial charge in [-0.05, 0) is 35.6 Å². The summed E-state index contributed by atoms with van der Waals surface area (Å²) in [6.07, 6.45) is 0.740. The van der Waals surface area contributed by atoms with Crippen LogP contribution in [0.25, 0.3) is 0 Å². The highest BCUT2D eigenvalue weighted by Crippen LogP contribution is 2.33. The summed E-state index contributed by atoms with van der Waals surface area (Å²) in [5.41, 5.74) is -0.664. The smallest absolute Gasteiger partial charge is 0.261 e. The minimum Gasteiger partial charge on any atom is -0.357 e. The van der Waals surface area contributed by atoms with Crippen molar-refractivity contribution in [3.05, 3.63) is 68.6 Å². The number of aromatic amines is 1. The zero-order valence-electron chi connectivity index (χ0n) is 16.7. The second-order valence-electron chi connectivity index (χ2n) is 8.04. The summed E-state index contributed by atoms with van der Waals surface area (Å²) in [6.45, 7) is 3.81. The third-order valence-electron chi connectivity index (χ3n) is 5.02. The molecule has 0 spiro atoms. The number of nitrogens with one attached hydrogen (secondary N) is 3. The lowest BCUT2D eigenvalue weighted by atomic mass is 9.75. The maximum absolute atomic E-state index is 13.6. The molecule has 9 heteroatoms. The van der Waals surface area contributed by atoms with Crippen LogP contribution in [0.3, 0.4) is 0 Å². The third-order valence-corrected chi connectivity index (χ3v) is 5.02. The third kappa shape index (κ3) is 4.14. The average molecular weight is 417 g/mol. The van der Waals surface area contributed by atoms with Crippen molar-refractivity contribution in [1.82, 2.24) is 15.6 Å². The molecule has 1 aliphatic carbocycles. The van der Waals surface area contributed by atoms with Gasteiger partial charge in [-0.15, -0.1) is 0 Å². The molecule has 1 atom stereocenters. The molecular weight excluding hydrogens is 396 g/mol. The number of fused-ring (bicyclic) bond motifs is 1.